The summed E-state index contributed by atoms with van der Waals surface area (Å²) >= 11 is 1.20. The summed E-state index contributed by atoms with van der Waals surface area (Å²) in [5.74, 6) is 0.491. The molecule has 0 saturated carbocycles. The second-order valence-electron chi connectivity index (χ2n) is 3.36. The van der Waals surface area contributed by atoms with Gasteiger partial charge in [-0.15, -0.1) is 0 Å². The van der Waals surface area contributed by atoms with Crippen LogP contribution in [-0.2, 0) is 11.3 Å². The minimum atomic E-state index is 0.00624. The van der Waals surface area contributed by atoms with Gasteiger partial charge in [0.1, 0.15) is 0 Å². The summed E-state index contributed by atoms with van der Waals surface area (Å²) in [6.07, 6.45) is 0. The largest absolute Gasteiger partial charge is 0.384 e. The van der Waals surface area contributed by atoms with Crippen LogP contribution in [0.4, 0.5) is 0 Å². The molecule has 0 fully saturated rings. The standard InChI is InChI=1S/C9H16N2O2S/c1-7(5-13-2)3-10-4-8-6-14-9(12)11-8/h6-7,10H,3-5H2,1-2H3,(H,11,12). The lowest BCUT2D eigenvalue weighted by Crippen LogP contribution is -2.23. The lowest BCUT2D eigenvalue weighted by molar-refractivity contribution is 0.158. The molecule has 0 aliphatic heterocycles. The molecule has 0 aliphatic rings. The molecule has 0 radical (unpaired) electrons. The number of H-pyrrole nitrogens is 1. The minimum absolute atomic E-state index is 0.00624. The number of ether oxygens (including phenoxy) is 1. The molecule has 0 spiro atoms. The highest BCUT2D eigenvalue weighted by molar-refractivity contribution is 7.07. The van der Waals surface area contributed by atoms with E-state index in [0.717, 1.165) is 18.8 Å². The van der Waals surface area contributed by atoms with E-state index < -0.39 is 0 Å². The second-order valence-corrected chi connectivity index (χ2v) is 4.21. The normalized spacial score (nSPS) is 13.0. The van der Waals surface area contributed by atoms with Gasteiger partial charge in [0, 0.05) is 37.9 Å². The molecule has 1 atom stereocenters. The maximum absolute atomic E-state index is 10.8. The van der Waals surface area contributed by atoms with E-state index in [1.165, 1.54) is 11.3 Å². The zero-order valence-corrected chi connectivity index (χ0v) is 9.32. The van der Waals surface area contributed by atoms with Crippen LogP contribution >= 0.6 is 11.3 Å². The molecule has 0 bridgehead atoms. The number of rotatable bonds is 6. The zero-order chi connectivity index (χ0) is 10.4. The number of thiazole rings is 1. The number of aromatic amines is 1. The fraction of sp³-hybridized carbons (Fsp3) is 0.667. The van der Waals surface area contributed by atoms with Crippen molar-refractivity contribution in [2.24, 2.45) is 5.92 Å². The van der Waals surface area contributed by atoms with E-state index in [9.17, 15) is 4.79 Å². The molecule has 80 valence electrons. The number of aromatic nitrogens is 1. The van der Waals surface area contributed by atoms with Crippen LogP contribution in [0.1, 0.15) is 12.6 Å². The topological polar surface area (TPSA) is 54.1 Å². The monoisotopic (exact) mass is 216 g/mol. The summed E-state index contributed by atoms with van der Waals surface area (Å²) in [6, 6.07) is 0. The average Bonchev–Trinajstić information content (AvgIpc) is 2.52. The summed E-state index contributed by atoms with van der Waals surface area (Å²) in [4.78, 5) is 13.6. The van der Waals surface area contributed by atoms with Crippen molar-refractivity contribution in [1.82, 2.24) is 10.3 Å². The molecule has 1 unspecified atom stereocenters. The van der Waals surface area contributed by atoms with Crippen LogP contribution in [-0.4, -0.2) is 25.2 Å². The molecule has 14 heavy (non-hydrogen) atoms. The maximum atomic E-state index is 10.8. The summed E-state index contributed by atoms with van der Waals surface area (Å²) in [7, 11) is 1.70. The van der Waals surface area contributed by atoms with Crippen LogP contribution in [0.2, 0.25) is 0 Å². The smallest absolute Gasteiger partial charge is 0.304 e. The van der Waals surface area contributed by atoms with Crippen LogP contribution in [0.5, 0.6) is 0 Å². The van der Waals surface area contributed by atoms with Gasteiger partial charge in [-0.25, -0.2) is 0 Å². The van der Waals surface area contributed by atoms with Gasteiger partial charge in [-0.1, -0.05) is 18.3 Å². The van der Waals surface area contributed by atoms with Gasteiger partial charge < -0.3 is 15.0 Å². The summed E-state index contributed by atoms with van der Waals surface area (Å²) in [5.41, 5.74) is 0.949. The molecule has 0 saturated heterocycles. The number of nitrogens with one attached hydrogen (secondary N) is 2. The molecule has 4 nitrogen and oxygen atoms in total. The Morgan fingerprint density at radius 1 is 1.71 bits per heavy atom. The van der Waals surface area contributed by atoms with Gasteiger partial charge in [-0.2, -0.15) is 0 Å². The first-order chi connectivity index (χ1) is 6.72. The van der Waals surface area contributed by atoms with Crippen molar-refractivity contribution in [2.45, 2.75) is 13.5 Å². The van der Waals surface area contributed by atoms with Crippen LogP contribution in [0.25, 0.3) is 0 Å². The molecule has 5 heteroatoms. The molecule has 0 aliphatic carbocycles. The predicted octanol–water partition coefficient (Wildman–Crippen LogP) is 0.808. The highest BCUT2D eigenvalue weighted by Gasteiger charge is 2.01. The van der Waals surface area contributed by atoms with E-state index in [1.54, 1.807) is 7.11 Å². The van der Waals surface area contributed by atoms with Crippen molar-refractivity contribution < 1.29 is 4.74 Å². The van der Waals surface area contributed by atoms with Crippen LogP contribution in [0, 0.1) is 5.92 Å². The molecule has 0 aromatic carbocycles. The summed E-state index contributed by atoms with van der Waals surface area (Å²) < 4.78 is 5.01. The van der Waals surface area contributed by atoms with Gasteiger partial charge in [0.25, 0.3) is 0 Å². The fourth-order valence-corrected chi connectivity index (χ4v) is 1.78. The Labute approximate surface area is 87.3 Å². The highest BCUT2D eigenvalue weighted by Crippen LogP contribution is 1.96. The fourth-order valence-electron chi connectivity index (χ4n) is 1.20. The minimum Gasteiger partial charge on any atom is -0.384 e. The number of methoxy groups -OCH3 is 1. The van der Waals surface area contributed by atoms with E-state index in [0.29, 0.717) is 12.5 Å². The van der Waals surface area contributed by atoms with E-state index in [2.05, 4.69) is 17.2 Å². The van der Waals surface area contributed by atoms with Gasteiger partial charge in [0.05, 0.1) is 0 Å². The van der Waals surface area contributed by atoms with Crippen LogP contribution in [0.3, 0.4) is 0 Å². The number of hydrogen-bond donors (Lipinski definition) is 2. The van der Waals surface area contributed by atoms with Gasteiger partial charge in [0.2, 0.25) is 0 Å². The Kier molecular flexibility index (Phi) is 4.86. The maximum Gasteiger partial charge on any atom is 0.304 e. The lowest BCUT2D eigenvalue weighted by atomic mass is 10.2. The quantitative estimate of drug-likeness (QED) is 0.740. The Balaban J connectivity index is 2.18. The van der Waals surface area contributed by atoms with Crippen molar-refractivity contribution in [1.29, 1.82) is 0 Å². The second kappa shape index (κ2) is 5.95. The van der Waals surface area contributed by atoms with Crippen molar-refractivity contribution in [3.8, 4) is 0 Å². The molecular weight excluding hydrogens is 200 g/mol. The van der Waals surface area contributed by atoms with Crippen molar-refractivity contribution in [3.05, 3.63) is 20.7 Å². The third kappa shape index (κ3) is 4.04. The first-order valence-electron chi connectivity index (χ1n) is 4.58. The van der Waals surface area contributed by atoms with Gasteiger partial charge in [-0.3, -0.25) is 4.79 Å². The predicted molar refractivity (Wildman–Crippen MR) is 57.7 cm³/mol. The van der Waals surface area contributed by atoms with Crippen LogP contribution in [0.15, 0.2) is 10.2 Å². The van der Waals surface area contributed by atoms with E-state index in [1.807, 2.05) is 5.38 Å². The molecule has 2 N–H and O–H groups in total. The van der Waals surface area contributed by atoms with Crippen LogP contribution < -0.4 is 10.2 Å². The molecular formula is C9H16N2O2S. The SMILES string of the molecule is COCC(C)CNCc1csc(=O)[nH]1. The third-order valence-corrected chi connectivity index (χ3v) is 2.55. The molecule has 1 aromatic heterocycles. The van der Waals surface area contributed by atoms with Gasteiger partial charge >= 0.3 is 4.87 Å². The lowest BCUT2D eigenvalue weighted by Gasteiger charge is -2.10. The molecule has 0 amide bonds. The van der Waals surface area contributed by atoms with Crippen molar-refractivity contribution in [2.75, 3.05) is 20.3 Å². The van der Waals surface area contributed by atoms with E-state index in [4.69, 9.17) is 4.74 Å². The van der Waals surface area contributed by atoms with Gasteiger partial charge in [0.15, 0.2) is 0 Å². The first-order valence-corrected chi connectivity index (χ1v) is 5.46. The van der Waals surface area contributed by atoms with E-state index >= 15 is 0 Å². The first kappa shape index (κ1) is 11.4. The Morgan fingerprint density at radius 3 is 3.07 bits per heavy atom. The van der Waals surface area contributed by atoms with Gasteiger partial charge in [-0.05, 0) is 5.92 Å². The highest BCUT2D eigenvalue weighted by atomic mass is 32.1. The summed E-state index contributed by atoms with van der Waals surface area (Å²) in [6.45, 7) is 4.48. The Bertz CT molecular complexity index is 308. The third-order valence-electron chi connectivity index (χ3n) is 1.83. The van der Waals surface area contributed by atoms with E-state index in [-0.39, 0.29) is 4.87 Å². The molecule has 1 heterocycles. The zero-order valence-electron chi connectivity index (χ0n) is 8.50. The summed E-state index contributed by atoms with van der Waals surface area (Å²) in [5, 5.41) is 5.10. The van der Waals surface area contributed by atoms with Crippen molar-refractivity contribution >= 4 is 11.3 Å². The van der Waals surface area contributed by atoms with Crippen molar-refractivity contribution in [3.63, 3.8) is 0 Å². The number of hydrogen-bond acceptors (Lipinski definition) is 4. The Hall–Kier alpha value is -0.650. The molecule has 1 aromatic rings. The molecule has 1 rings (SSSR count). The Morgan fingerprint density at radius 2 is 2.50 bits per heavy atom. The average molecular weight is 216 g/mol.